The molecule has 4 nitrogen and oxygen atoms in total. The molecule has 0 aromatic heterocycles. The molecule has 0 saturated heterocycles. The molecule has 114 valence electrons. The highest BCUT2D eigenvalue weighted by atomic mass is 16.4. The number of hydrogen-bond acceptors (Lipinski definition) is 2. The molecular weight excluding hydrogens is 266 g/mol. The number of carboxylic acids is 1. The molecule has 0 atom stereocenters. The van der Waals surface area contributed by atoms with Gasteiger partial charge in [0, 0.05) is 20.0 Å². The molecule has 0 unspecified atom stereocenters. The van der Waals surface area contributed by atoms with Crippen LogP contribution in [0.1, 0.15) is 43.2 Å². The van der Waals surface area contributed by atoms with Crippen molar-refractivity contribution in [2.75, 3.05) is 7.05 Å². The molecule has 1 amide bonds. The molecule has 1 aliphatic rings. The van der Waals surface area contributed by atoms with Crippen LogP contribution in [0, 0.1) is 12.3 Å². The number of rotatable bonds is 5. The lowest BCUT2D eigenvalue weighted by Crippen LogP contribution is -2.36. The van der Waals surface area contributed by atoms with Crippen LogP contribution in [0.5, 0.6) is 0 Å². The largest absolute Gasteiger partial charge is 0.481 e. The van der Waals surface area contributed by atoms with E-state index in [2.05, 4.69) is 0 Å². The molecule has 1 N–H and O–H groups in total. The predicted octanol–water partition coefficient (Wildman–Crippen LogP) is 2.99. The van der Waals surface area contributed by atoms with Crippen molar-refractivity contribution in [2.45, 2.75) is 45.6 Å². The Hall–Kier alpha value is -1.84. The van der Waals surface area contributed by atoms with Gasteiger partial charge in [0.2, 0.25) is 5.91 Å². The summed E-state index contributed by atoms with van der Waals surface area (Å²) in [7, 11) is 1.74. The van der Waals surface area contributed by atoms with Crippen molar-refractivity contribution in [1.82, 2.24) is 4.90 Å². The molecule has 1 aliphatic carbocycles. The lowest BCUT2D eigenvalue weighted by Gasteiger charge is -2.26. The summed E-state index contributed by atoms with van der Waals surface area (Å²) in [6.07, 6.45) is 3.16. The summed E-state index contributed by atoms with van der Waals surface area (Å²) in [6, 6.07) is 8.04. The van der Waals surface area contributed by atoms with Crippen molar-refractivity contribution in [1.29, 1.82) is 0 Å². The SMILES string of the molecule is Cc1ccc(CN(C)C(=O)CC2(C(=O)O)CCCC2)cc1. The third-order valence-corrected chi connectivity index (χ3v) is 4.47. The molecule has 21 heavy (non-hydrogen) atoms. The summed E-state index contributed by atoms with van der Waals surface area (Å²) in [5, 5.41) is 9.44. The van der Waals surface area contributed by atoms with E-state index in [1.165, 1.54) is 5.56 Å². The maximum Gasteiger partial charge on any atom is 0.310 e. The highest BCUT2D eigenvalue weighted by Gasteiger charge is 2.43. The van der Waals surface area contributed by atoms with Crippen LogP contribution in [0.3, 0.4) is 0 Å². The first kappa shape index (κ1) is 15.5. The van der Waals surface area contributed by atoms with E-state index in [9.17, 15) is 14.7 Å². The van der Waals surface area contributed by atoms with E-state index in [1.54, 1.807) is 11.9 Å². The molecule has 0 spiro atoms. The standard InChI is InChI=1S/C17H23NO3/c1-13-5-7-14(8-6-13)12-18(2)15(19)11-17(16(20)21)9-3-4-10-17/h5-8H,3-4,9-12H2,1-2H3,(H,20,21). The van der Waals surface area contributed by atoms with Gasteiger partial charge in [-0.1, -0.05) is 42.7 Å². The molecule has 0 bridgehead atoms. The van der Waals surface area contributed by atoms with Crippen LogP contribution in [-0.4, -0.2) is 28.9 Å². The number of carbonyl (C=O) groups excluding carboxylic acids is 1. The molecule has 0 heterocycles. The second-order valence-electron chi connectivity index (χ2n) is 6.20. The Morgan fingerprint density at radius 3 is 2.29 bits per heavy atom. The Balaban J connectivity index is 1.99. The fraction of sp³-hybridized carbons (Fsp3) is 0.529. The number of nitrogens with zero attached hydrogens (tertiary/aromatic N) is 1. The summed E-state index contributed by atoms with van der Waals surface area (Å²) in [4.78, 5) is 25.5. The molecule has 4 heteroatoms. The van der Waals surface area contributed by atoms with Gasteiger partial charge in [0.1, 0.15) is 0 Å². The van der Waals surface area contributed by atoms with Gasteiger partial charge in [0.25, 0.3) is 0 Å². The number of amides is 1. The fourth-order valence-corrected chi connectivity index (χ4v) is 3.00. The van der Waals surface area contributed by atoms with E-state index in [0.29, 0.717) is 19.4 Å². The number of benzene rings is 1. The number of carboxylic acid groups (broad SMARTS) is 1. The van der Waals surface area contributed by atoms with Gasteiger partial charge >= 0.3 is 5.97 Å². The van der Waals surface area contributed by atoms with E-state index < -0.39 is 11.4 Å². The summed E-state index contributed by atoms with van der Waals surface area (Å²) in [5.41, 5.74) is 1.41. The van der Waals surface area contributed by atoms with E-state index in [0.717, 1.165) is 18.4 Å². The maximum absolute atomic E-state index is 12.3. The van der Waals surface area contributed by atoms with Gasteiger partial charge in [-0.15, -0.1) is 0 Å². The molecule has 0 aliphatic heterocycles. The Morgan fingerprint density at radius 1 is 1.19 bits per heavy atom. The van der Waals surface area contributed by atoms with Crippen LogP contribution in [0.25, 0.3) is 0 Å². The minimum absolute atomic E-state index is 0.0834. The zero-order chi connectivity index (χ0) is 15.5. The first-order valence-electron chi connectivity index (χ1n) is 7.46. The number of aliphatic carboxylic acids is 1. The summed E-state index contributed by atoms with van der Waals surface area (Å²) >= 11 is 0. The quantitative estimate of drug-likeness (QED) is 0.906. The van der Waals surface area contributed by atoms with Gasteiger partial charge in [0.05, 0.1) is 5.41 Å². The van der Waals surface area contributed by atoms with Crippen molar-refractivity contribution in [2.24, 2.45) is 5.41 Å². The third-order valence-electron chi connectivity index (χ3n) is 4.47. The van der Waals surface area contributed by atoms with Crippen LogP contribution in [0.2, 0.25) is 0 Å². The minimum Gasteiger partial charge on any atom is -0.481 e. The van der Waals surface area contributed by atoms with Crippen LogP contribution >= 0.6 is 0 Å². The minimum atomic E-state index is -0.835. The molecule has 2 rings (SSSR count). The summed E-state index contributed by atoms with van der Waals surface area (Å²) in [5.74, 6) is -0.906. The Labute approximate surface area is 125 Å². The van der Waals surface area contributed by atoms with Crippen molar-refractivity contribution in [3.8, 4) is 0 Å². The summed E-state index contributed by atoms with van der Waals surface area (Å²) < 4.78 is 0. The highest BCUT2D eigenvalue weighted by Crippen LogP contribution is 2.41. The second-order valence-corrected chi connectivity index (χ2v) is 6.20. The average molecular weight is 289 g/mol. The molecule has 1 saturated carbocycles. The molecular formula is C17H23NO3. The smallest absolute Gasteiger partial charge is 0.310 e. The zero-order valence-corrected chi connectivity index (χ0v) is 12.8. The Bertz CT molecular complexity index is 515. The Kier molecular flexibility index (Phi) is 4.66. The highest BCUT2D eigenvalue weighted by molar-refractivity contribution is 5.85. The molecule has 1 aromatic rings. The number of carbonyl (C=O) groups is 2. The average Bonchev–Trinajstić information content (AvgIpc) is 2.91. The fourth-order valence-electron chi connectivity index (χ4n) is 3.00. The predicted molar refractivity (Wildman–Crippen MR) is 80.8 cm³/mol. The zero-order valence-electron chi connectivity index (χ0n) is 12.8. The number of hydrogen-bond donors (Lipinski definition) is 1. The van der Waals surface area contributed by atoms with E-state index in [1.807, 2.05) is 31.2 Å². The van der Waals surface area contributed by atoms with Gasteiger partial charge < -0.3 is 10.0 Å². The molecule has 1 aromatic carbocycles. The summed E-state index contributed by atoms with van der Waals surface area (Å²) in [6.45, 7) is 2.55. The van der Waals surface area contributed by atoms with Crippen molar-refractivity contribution in [3.63, 3.8) is 0 Å². The van der Waals surface area contributed by atoms with Crippen LogP contribution in [0.4, 0.5) is 0 Å². The van der Waals surface area contributed by atoms with Gasteiger partial charge in [-0.25, -0.2) is 0 Å². The van der Waals surface area contributed by atoms with E-state index in [-0.39, 0.29) is 12.3 Å². The third kappa shape index (κ3) is 3.63. The number of aryl methyl sites for hydroxylation is 1. The van der Waals surface area contributed by atoms with Gasteiger partial charge in [0.15, 0.2) is 0 Å². The topological polar surface area (TPSA) is 57.6 Å². The van der Waals surface area contributed by atoms with Crippen LogP contribution in [-0.2, 0) is 16.1 Å². The lowest BCUT2D eigenvalue weighted by molar-refractivity contribution is -0.153. The van der Waals surface area contributed by atoms with Gasteiger partial charge in [-0.2, -0.15) is 0 Å². The van der Waals surface area contributed by atoms with E-state index >= 15 is 0 Å². The Morgan fingerprint density at radius 2 is 1.76 bits per heavy atom. The molecule has 1 fully saturated rings. The van der Waals surface area contributed by atoms with E-state index in [4.69, 9.17) is 0 Å². The molecule has 0 radical (unpaired) electrons. The van der Waals surface area contributed by atoms with Crippen LogP contribution < -0.4 is 0 Å². The van der Waals surface area contributed by atoms with Crippen LogP contribution in [0.15, 0.2) is 24.3 Å². The van der Waals surface area contributed by atoms with Crippen molar-refractivity contribution >= 4 is 11.9 Å². The van der Waals surface area contributed by atoms with Crippen molar-refractivity contribution < 1.29 is 14.7 Å². The second kappa shape index (κ2) is 6.29. The monoisotopic (exact) mass is 289 g/mol. The van der Waals surface area contributed by atoms with Gasteiger partial charge in [-0.3, -0.25) is 9.59 Å². The van der Waals surface area contributed by atoms with Crippen molar-refractivity contribution in [3.05, 3.63) is 35.4 Å². The maximum atomic E-state index is 12.3. The lowest BCUT2D eigenvalue weighted by atomic mass is 9.82. The first-order valence-corrected chi connectivity index (χ1v) is 7.46. The first-order chi connectivity index (χ1) is 9.93. The van der Waals surface area contributed by atoms with Gasteiger partial charge in [-0.05, 0) is 25.3 Å². The normalized spacial score (nSPS) is 16.7.